The molecule has 20 heavy (non-hydrogen) atoms. The van der Waals surface area contributed by atoms with Gasteiger partial charge in [0.1, 0.15) is 11.6 Å². The maximum Gasteiger partial charge on any atom is 0.263 e. The minimum atomic E-state index is -0.329. The van der Waals surface area contributed by atoms with E-state index >= 15 is 0 Å². The lowest BCUT2D eigenvalue weighted by atomic mass is 10.2. The molecule has 1 aromatic heterocycles. The molecule has 0 aliphatic carbocycles. The lowest BCUT2D eigenvalue weighted by molar-refractivity contribution is -0.118. The van der Waals surface area contributed by atoms with Crippen LogP contribution in [0.15, 0.2) is 42.6 Å². The van der Waals surface area contributed by atoms with Crippen LogP contribution >= 0.6 is 11.6 Å². The van der Waals surface area contributed by atoms with Crippen molar-refractivity contribution >= 4 is 23.3 Å². The molecule has 0 saturated carbocycles. The Balaban J connectivity index is 1.85. The Morgan fingerprint density at radius 2 is 2.05 bits per heavy atom. The molecule has 0 bridgehead atoms. The van der Waals surface area contributed by atoms with Gasteiger partial charge < -0.3 is 10.1 Å². The molecule has 0 radical (unpaired) electrons. The van der Waals surface area contributed by atoms with Crippen LogP contribution in [0, 0.1) is 11.3 Å². The molecule has 5 nitrogen and oxygen atoms in total. The zero-order chi connectivity index (χ0) is 14.4. The Labute approximate surface area is 120 Å². The second-order valence-electron chi connectivity index (χ2n) is 3.83. The van der Waals surface area contributed by atoms with Crippen molar-refractivity contribution in [2.45, 2.75) is 0 Å². The van der Waals surface area contributed by atoms with Crippen LogP contribution in [-0.2, 0) is 4.79 Å². The van der Waals surface area contributed by atoms with Crippen LogP contribution < -0.4 is 10.1 Å². The van der Waals surface area contributed by atoms with E-state index in [0.717, 1.165) is 0 Å². The third-order valence-electron chi connectivity index (χ3n) is 2.35. The maximum absolute atomic E-state index is 11.6. The van der Waals surface area contributed by atoms with Gasteiger partial charge in [-0.25, -0.2) is 4.98 Å². The van der Waals surface area contributed by atoms with E-state index in [1.807, 2.05) is 6.07 Å². The number of carbonyl (C=O) groups is 1. The number of aromatic nitrogens is 1. The normalized spacial score (nSPS) is 9.60. The van der Waals surface area contributed by atoms with Crippen molar-refractivity contribution in [2.24, 2.45) is 0 Å². The van der Waals surface area contributed by atoms with E-state index in [1.54, 1.807) is 36.4 Å². The summed E-state index contributed by atoms with van der Waals surface area (Å²) in [7, 11) is 0. The number of halogens is 1. The van der Waals surface area contributed by atoms with E-state index in [-0.39, 0.29) is 12.5 Å². The molecular weight excluding hydrogens is 278 g/mol. The Morgan fingerprint density at radius 1 is 1.30 bits per heavy atom. The van der Waals surface area contributed by atoms with Crippen molar-refractivity contribution in [2.75, 3.05) is 11.9 Å². The smallest absolute Gasteiger partial charge is 0.263 e. The van der Waals surface area contributed by atoms with Crippen molar-refractivity contribution in [3.05, 3.63) is 53.2 Å². The summed E-state index contributed by atoms with van der Waals surface area (Å²) in [5.41, 5.74) is 0.534. The zero-order valence-electron chi connectivity index (χ0n) is 10.3. The second kappa shape index (κ2) is 6.55. The summed E-state index contributed by atoms with van der Waals surface area (Å²) in [5, 5.41) is 11.7. The van der Waals surface area contributed by atoms with Crippen LogP contribution in [0.5, 0.6) is 5.75 Å². The fourth-order valence-corrected chi connectivity index (χ4v) is 1.52. The highest BCUT2D eigenvalue weighted by Gasteiger charge is 2.04. The van der Waals surface area contributed by atoms with E-state index < -0.39 is 0 Å². The van der Waals surface area contributed by atoms with E-state index in [4.69, 9.17) is 21.6 Å². The molecule has 100 valence electrons. The Hall–Kier alpha value is -2.58. The number of pyridine rings is 1. The highest BCUT2D eigenvalue weighted by molar-refractivity contribution is 6.30. The first-order valence-electron chi connectivity index (χ1n) is 5.72. The Morgan fingerprint density at radius 3 is 2.65 bits per heavy atom. The van der Waals surface area contributed by atoms with Gasteiger partial charge in [0, 0.05) is 6.20 Å². The predicted octanol–water partition coefficient (Wildman–Crippen LogP) is 2.62. The maximum atomic E-state index is 11.6. The van der Waals surface area contributed by atoms with Crippen LogP contribution in [0.4, 0.5) is 5.82 Å². The number of ether oxygens (including phenoxy) is 1. The highest BCUT2D eigenvalue weighted by atomic mass is 35.5. The number of hydrogen-bond acceptors (Lipinski definition) is 4. The van der Waals surface area contributed by atoms with Gasteiger partial charge in [-0.1, -0.05) is 11.6 Å². The number of carbonyl (C=O) groups excluding carboxylic acids is 1. The van der Waals surface area contributed by atoms with E-state index in [2.05, 4.69) is 10.3 Å². The molecule has 2 aromatic rings. The van der Waals surface area contributed by atoms with E-state index in [9.17, 15) is 4.79 Å². The van der Waals surface area contributed by atoms with Gasteiger partial charge >= 0.3 is 0 Å². The average Bonchev–Trinajstić information content (AvgIpc) is 2.48. The predicted molar refractivity (Wildman–Crippen MR) is 74.5 cm³/mol. The topological polar surface area (TPSA) is 75.0 Å². The average molecular weight is 288 g/mol. The first-order chi connectivity index (χ1) is 9.67. The molecule has 0 fully saturated rings. The minimum absolute atomic E-state index is 0.143. The fraction of sp³-hybridized carbons (Fsp3) is 0.0714. The molecule has 1 amide bonds. The quantitative estimate of drug-likeness (QED) is 0.938. The molecule has 0 saturated heterocycles. The van der Waals surface area contributed by atoms with Gasteiger partial charge in [-0.05, 0) is 36.4 Å². The van der Waals surface area contributed by atoms with Crippen LogP contribution in [0.25, 0.3) is 0 Å². The molecule has 0 aliphatic heterocycles. The summed E-state index contributed by atoms with van der Waals surface area (Å²) in [5.74, 6) is 0.593. The summed E-state index contributed by atoms with van der Waals surface area (Å²) in [6.07, 6.45) is 1.44. The Kier molecular flexibility index (Phi) is 4.53. The first-order valence-corrected chi connectivity index (χ1v) is 6.09. The number of nitriles is 1. The molecule has 0 unspecified atom stereocenters. The number of amides is 1. The third kappa shape index (κ3) is 3.97. The molecule has 0 aliphatic rings. The summed E-state index contributed by atoms with van der Waals surface area (Å²) in [6.45, 7) is -0.143. The van der Waals surface area contributed by atoms with Gasteiger partial charge in [0.2, 0.25) is 0 Å². The van der Waals surface area contributed by atoms with E-state index in [0.29, 0.717) is 22.2 Å². The number of hydrogen-bond donors (Lipinski definition) is 1. The zero-order valence-corrected chi connectivity index (χ0v) is 11.1. The number of nitrogens with zero attached hydrogens (tertiary/aromatic N) is 2. The lowest BCUT2D eigenvalue weighted by Crippen LogP contribution is -2.20. The van der Waals surface area contributed by atoms with Gasteiger partial charge in [-0.15, -0.1) is 0 Å². The summed E-state index contributed by atoms with van der Waals surface area (Å²) < 4.78 is 5.29. The molecule has 0 atom stereocenters. The van der Waals surface area contributed by atoms with Crippen LogP contribution in [0.3, 0.4) is 0 Å². The van der Waals surface area contributed by atoms with Crippen molar-refractivity contribution < 1.29 is 9.53 Å². The summed E-state index contributed by atoms with van der Waals surface area (Å²) >= 11 is 5.69. The fourth-order valence-electron chi connectivity index (χ4n) is 1.40. The van der Waals surface area contributed by atoms with Crippen LogP contribution in [0.1, 0.15) is 5.56 Å². The van der Waals surface area contributed by atoms with Gasteiger partial charge in [-0.2, -0.15) is 5.26 Å². The molecule has 0 spiro atoms. The molecule has 1 N–H and O–H groups in total. The summed E-state index contributed by atoms with van der Waals surface area (Å²) in [4.78, 5) is 15.6. The number of rotatable bonds is 4. The molecule has 2 rings (SSSR count). The number of anilines is 1. The third-order valence-corrected chi connectivity index (χ3v) is 2.57. The van der Waals surface area contributed by atoms with Gasteiger partial charge in [-0.3, -0.25) is 4.79 Å². The van der Waals surface area contributed by atoms with Gasteiger partial charge in [0.15, 0.2) is 6.61 Å². The van der Waals surface area contributed by atoms with Crippen LogP contribution in [0.2, 0.25) is 5.02 Å². The standard InChI is InChI=1S/C14H10ClN3O2/c15-11-3-6-13(17-8-11)18-14(19)9-20-12-4-1-10(7-16)2-5-12/h1-6,8H,9H2,(H,17,18,19). The Bertz CT molecular complexity index is 633. The van der Waals surface area contributed by atoms with Crippen molar-refractivity contribution in [1.82, 2.24) is 4.98 Å². The monoisotopic (exact) mass is 287 g/mol. The van der Waals surface area contributed by atoms with Crippen molar-refractivity contribution in [1.29, 1.82) is 5.26 Å². The van der Waals surface area contributed by atoms with Crippen molar-refractivity contribution in [3.63, 3.8) is 0 Å². The van der Waals surface area contributed by atoms with Crippen molar-refractivity contribution in [3.8, 4) is 11.8 Å². The lowest BCUT2D eigenvalue weighted by Gasteiger charge is -2.07. The largest absolute Gasteiger partial charge is 0.484 e. The SMILES string of the molecule is N#Cc1ccc(OCC(=O)Nc2ccc(Cl)cn2)cc1. The molecule has 1 aromatic carbocycles. The van der Waals surface area contributed by atoms with Gasteiger partial charge in [0.05, 0.1) is 16.7 Å². The number of benzene rings is 1. The number of nitrogens with one attached hydrogen (secondary N) is 1. The highest BCUT2D eigenvalue weighted by Crippen LogP contribution is 2.12. The second-order valence-corrected chi connectivity index (χ2v) is 4.27. The van der Waals surface area contributed by atoms with E-state index in [1.165, 1.54) is 6.20 Å². The molecule has 1 heterocycles. The minimum Gasteiger partial charge on any atom is -0.484 e. The van der Waals surface area contributed by atoms with Gasteiger partial charge in [0.25, 0.3) is 5.91 Å². The van der Waals surface area contributed by atoms with Crippen LogP contribution in [-0.4, -0.2) is 17.5 Å². The summed E-state index contributed by atoms with van der Waals surface area (Å²) in [6, 6.07) is 11.7. The molecule has 6 heteroatoms. The first kappa shape index (κ1) is 13.8. The molecular formula is C14H10ClN3O2.